The first-order valence-electron chi connectivity index (χ1n) is 7.01. The summed E-state index contributed by atoms with van der Waals surface area (Å²) in [5, 5.41) is 3.42. The van der Waals surface area contributed by atoms with Gasteiger partial charge in [-0.2, -0.15) is 0 Å². The Morgan fingerprint density at radius 1 is 1.05 bits per heavy atom. The topological polar surface area (TPSA) is 18.5 Å². The molecule has 1 N–H and O–H groups in total. The summed E-state index contributed by atoms with van der Waals surface area (Å²) in [5.74, 6) is 0. The van der Waals surface area contributed by atoms with Gasteiger partial charge in [0, 0.05) is 51.0 Å². The van der Waals surface area contributed by atoms with Crippen molar-refractivity contribution in [1.82, 2.24) is 10.2 Å². The summed E-state index contributed by atoms with van der Waals surface area (Å²) >= 11 is 0. The Morgan fingerprint density at radius 2 is 1.74 bits per heavy atom. The Bertz CT molecular complexity index is 418. The molecule has 0 amide bonds. The number of piperazine rings is 1. The van der Waals surface area contributed by atoms with Crippen LogP contribution in [-0.2, 0) is 0 Å². The Kier molecular flexibility index (Phi) is 4.48. The lowest BCUT2D eigenvalue weighted by molar-refractivity contribution is 0.147. The van der Waals surface area contributed by atoms with E-state index in [-0.39, 0.29) is 7.43 Å². The molecule has 2 aliphatic heterocycles. The highest BCUT2D eigenvalue weighted by Crippen LogP contribution is 2.25. The van der Waals surface area contributed by atoms with E-state index in [4.69, 9.17) is 0 Å². The van der Waals surface area contributed by atoms with Gasteiger partial charge in [0.25, 0.3) is 0 Å². The summed E-state index contributed by atoms with van der Waals surface area (Å²) in [6.07, 6.45) is 0. The van der Waals surface area contributed by atoms with Gasteiger partial charge in [-0.1, -0.05) is 13.5 Å². The van der Waals surface area contributed by atoms with Crippen LogP contribution >= 0.6 is 0 Å². The van der Waals surface area contributed by atoms with Crippen molar-refractivity contribution in [3.8, 4) is 0 Å². The summed E-state index contributed by atoms with van der Waals surface area (Å²) in [7, 11) is 0. The molecule has 3 nitrogen and oxygen atoms in total. The Labute approximate surface area is 117 Å². The van der Waals surface area contributed by atoms with Gasteiger partial charge in [-0.15, -0.1) is 0 Å². The third kappa shape index (κ3) is 2.93. The molecule has 2 saturated heterocycles. The van der Waals surface area contributed by atoms with Crippen molar-refractivity contribution in [2.24, 2.45) is 0 Å². The molecule has 0 radical (unpaired) electrons. The normalized spacial score (nSPS) is 20.8. The van der Waals surface area contributed by atoms with E-state index in [1.54, 1.807) is 0 Å². The minimum absolute atomic E-state index is 0. The third-order valence-electron chi connectivity index (χ3n) is 4.39. The van der Waals surface area contributed by atoms with Crippen LogP contribution in [0.4, 0.5) is 5.69 Å². The van der Waals surface area contributed by atoms with Crippen molar-refractivity contribution in [1.29, 1.82) is 0 Å². The fourth-order valence-electron chi connectivity index (χ4n) is 2.87. The molecular formula is C16H27N3. The highest BCUT2D eigenvalue weighted by molar-refractivity contribution is 5.53. The van der Waals surface area contributed by atoms with Crippen molar-refractivity contribution in [3.05, 3.63) is 29.3 Å². The number of hydrogen-bond acceptors (Lipinski definition) is 3. The van der Waals surface area contributed by atoms with Crippen LogP contribution in [0.2, 0.25) is 0 Å². The summed E-state index contributed by atoms with van der Waals surface area (Å²) in [6.45, 7) is 11.5. The molecule has 0 spiro atoms. The molecule has 0 bridgehead atoms. The smallest absolute Gasteiger partial charge is 0.0447 e. The first-order chi connectivity index (χ1) is 8.74. The maximum absolute atomic E-state index is 3.42. The Morgan fingerprint density at radius 3 is 2.37 bits per heavy atom. The second-order valence-corrected chi connectivity index (χ2v) is 5.61. The maximum atomic E-state index is 3.42. The zero-order valence-corrected chi connectivity index (χ0v) is 11.4. The molecule has 2 fully saturated rings. The van der Waals surface area contributed by atoms with E-state index in [2.05, 4.69) is 47.2 Å². The van der Waals surface area contributed by atoms with Gasteiger partial charge in [-0.05, 0) is 37.1 Å². The molecule has 2 heterocycles. The van der Waals surface area contributed by atoms with Gasteiger partial charge in [-0.25, -0.2) is 0 Å². The molecule has 1 aromatic rings. The molecule has 19 heavy (non-hydrogen) atoms. The molecule has 1 aromatic carbocycles. The number of anilines is 1. The van der Waals surface area contributed by atoms with Crippen LogP contribution < -0.4 is 10.2 Å². The molecule has 3 heteroatoms. The molecule has 0 aromatic heterocycles. The predicted molar refractivity (Wildman–Crippen MR) is 83.1 cm³/mol. The zero-order valence-electron chi connectivity index (χ0n) is 11.4. The van der Waals surface area contributed by atoms with Crippen LogP contribution in [0.25, 0.3) is 0 Å². The highest BCUT2D eigenvalue weighted by atomic mass is 15.3. The van der Waals surface area contributed by atoms with Crippen molar-refractivity contribution < 1.29 is 0 Å². The van der Waals surface area contributed by atoms with Crippen LogP contribution in [0, 0.1) is 13.8 Å². The second-order valence-electron chi connectivity index (χ2n) is 5.61. The van der Waals surface area contributed by atoms with E-state index in [1.165, 1.54) is 43.0 Å². The standard InChI is InChI=1S/C15H23N3.CH4/c1-12-3-4-14(9-13(12)2)18-10-15(11-18)17-7-5-16-6-8-17;/h3-4,9,15-16H,5-8,10-11H2,1-2H3;1H4. The monoisotopic (exact) mass is 261 g/mol. The van der Waals surface area contributed by atoms with Gasteiger partial charge < -0.3 is 10.2 Å². The molecule has 2 aliphatic rings. The summed E-state index contributed by atoms with van der Waals surface area (Å²) in [5.41, 5.74) is 4.18. The molecule has 106 valence electrons. The number of aryl methyl sites for hydroxylation is 2. The second kappa shape index (κ2) is 5.93. The number of hydrogen-bond donors (Lipinski definition) is 1. The maximum Gasteiger partial charge on any atom is 0.0447 e. The molecule has 0 saturated carbocycles. The van der Waals surface area contributed by atoms with Crippen molar-refractivity contribution >= 4 is 5.69 Å². The zero-order chi connectivity index (χ0) is 12.5. The summed E-state index contributed by atoms with van der Waals surface area (Å²) < 4.78 is 0. The van der Waals surface area contributed by atoms with Gasteiger partial charge in [-0.3, -0.25) is 4.90 Å². The fourth-order valence-corrected chi connectivity index (χ4v) is 2.87. The number of rotatable bonds is 2. The lowest BCUT2D eigenvalue weighted by atomic mass is 10.0. The van der Waals surface area contributed by atoms with Gasteiger partial charge in [0.15, 0.2) is 0 Å². The average molecular weight is 261 g/mol. The van der Waals surface area contributed by atoms with Gasteiger partial charge >= 0.3 is 0 Å². The molecule has 0 unspecified atom stereocenters. The average Bonchev–Trinajstić information content (AvgIpc) is 2.33. The van der Waals surface area contributed by atoms with Crippen LogP contribution in [0.1, 0.15) is 18.6 Å². The summed E-state index contributed by atoms with van der Waals surface area (Å²) in [6, 6.07) is 7.59. The number of nitrogens with one attached hydrogen (secondary N) is 1. The van der Waals surface area contributed by atoms with Gasteiger partial charge in [0.05, 0.1) is 0 Å². The Hall–Kier alpha value is -1.06. The van der Waals surface area contributed by atoms with E-state index >= 15 is 0 Å². The predicted octanol–water partition coefficient (Wildman–Crippen LogP) is 2.03. The largest absolute Gasteiger partial charge is 0.368 e. The van der Waals surface area contributed by atoms with Crippen LogP contribution in [0.3, 0.4) is 0 Å². The highest BCUT2D eigenvalue weighted by Gasteiger charge is 2.32. The first-order valence-corrected chi connectivity index (χ1v) is 7.01. The SMILES string of the molecule is C.Cc1ccc(N2CC(N3CCNCC3)C2)cc1C. The van der Waals surface area contributed by atoms with Crippen LogP contribution in [0.5, 0.6) is 0 Å². The van der Waals surface area contributed by atoms with Gasteiger partial charge in [0.2, 0.25) is 0 Å². The van der Waals surface area contributed by atoms with E-state index in [1.807, 2.05) is 0 Å². The third-order valence-corrected chi connectivity index (χ3v) is 4.39. The van der Waals surface area contributed by atoms with E-state index in [0.717, 1.165) is 19.1 Å². The minimum atomic E-state index is 0. The minimum Gasteiger partial charge on any atom is -0.368 e. The number of nitrogens with zero attached hydrogens (tertiary/aromatic N) is 2. The quantitative estimate of drug-likeness (QED) is 0.879. The lowest BCUT2D eigenvalue weighted by Gasteiger charge is -2.48. The van der Waals surface area contributed by atoms with Crippen molar-refractivity contribution in [3.63, 3.8) is 0 Å². The van der Waals surface area contributed by atoms with Crippen molar-refractivity contribution in [2.45, 2.75) is 27.3 Å². The van der Waals surface area contributed by atoms with Crippen LogP contribution in [0.15, 0.2) is 18.2 Å². The summed E-state index contributed by atoms with van der Waals surface area (Å²) in [4.78, 5) is 5.13. The van der Waals surface area contributed by atoms with E-state index in [9.17, 15) is 0 Å². The Balaban J connectivity index is 0.00000133. The molecule has 3 rings (SSSR count). The number of benzene rings is 1. The van der Waals surface area contributed by atoms with Gasteiger partial charge in [0.1, 0.15) is 0 Å². The first kappa shape index (κ1) is 14.4. The molecule has 0 atom stereocenters. The lowest BCUT2D eigenvalue weighted by Crippen LogP contribution is -2.62. The van der Waals surface area contributed by atoms with Crippen LogP contribution in [-0.4, -0.2) is 50.2 Å². The molecular weight excluding hydrogens is 234 g/mol. The van der Waals surface area contributed by atoms with E-state index < -0.39 is 0 Å². The van der Waals surface area contributed by atoms with E-state index in [0.29, 0.717) is 0 Å². The van der Waals surface area contributed by atoms with Crippen molar-refractivity contribution in [2.75, 3.05) is 44.2 Å². The fraction of sp³-hybridized carbons (Fsp3) is 0.625. The molecule has 0 aliphatic carbocycles.